The van der Waals surface area contributed by atoms with E-state index in [2.05, 4.69) is 31.3 Å². The number of hydrogen-bond acceptors (Lipinski definition) is 4. The molecule has 1 heterocycles. The quantitative estimate of drug-likeness (QED) is 0.260. The van der Waals surface area contributed by atoms with Crippen molar-refractivity contribution in [3.63, 3.8) is 0 Å². The van der Waals surface area contributed by atoms with Crippen molar-refractivity contribution in [1.29, 1.82) is 0 Å². The average molecular weight is 529 g/mol. The van der Waals surface area contributed by atoms with Crippen LogP contribution in [0.4, 0.5) is 10.1 Å². The normalized spacial score (nSPS) is 10.7. The minimum Gasteiger partial charge on any atom is -0.457 e. The molecule has 1 aromatic heterocycles. The van der Waals surface area contributed by atoms with E-state index in [0.717, 1.165) is 15.8 Å². The highest BCUT2D eigenvalue weighted by Gasteiger charge is 2.19. The first-order valence-corrected chi connectivity index (χ1v) is 11.5. The lowest BCUT2D eigenvalue weighted by Crippen LogP contribution is -2.14. The minimum absolute atomic E-state index is 0.0168. The molecule has 35 heavy (non-hydrogen) atoms. The molecule has 5 aromatic rings. The fourth-order valence-electron chi connectivity index (χ4n) is 3.37. The summed E-state index contributed by atoms with van der Waals surface area (Å²) in [5.74, 6) is 0.973. The Balaban J connectivity index is 1.40. The van der Waals surface area contributed by atoms with Gasteiger partial charge in [-0.2, -0.15) is 0 Å². The molecular weight excluding hydrogens is 511 g/mol. The van der Waals surface area contributed by atoms with E-state index in [1.54, 1.807) is 36.4 Å². The predicted molar refractivity (Wildman–Crippen MR) is 135 cm³/mol. The number of anilines is 1. The van der Waals surface area contributed by atoms with Crippen LogP contribution in [0.2, 0.25) is 0 Å². The van der Waals surface area contributed by atoms with Crippen LogP contribution in [0.5, 0.6) is 11.5 Å². The third-order valence-electron chi connectivity index (χ3n) is 5.07. The van der Waals surface area contributed by atoms with E-state index in [1.807, 2.05) is 54.6 Å². The van der Waals surface area contributed by atoms with Gasteiger partial charge in [-0.3, -0.25) is 4.79 Å². The van der Waals surface area contributed by atoms with Gasteiger partial charge in [-0.15, -0.1) is 5.10 Å². The van der Waals surface area contributed by atoms with E-state index in [4.69, 9.17) is 4.74 Å². The number of aromatic nitrogens is 3. The Morgan fingerprint density at radius 3 is 2.17 bits per heavy atom. The smallest absolute Gasteiger partial charge is 0.295 e. The van der Waals surface area contributed by atoms with Crippen LogP contribution < -0.4 is 10.1 Å². The molecule has 172 valence electrons. The fraction of sp³-hybridized carbons (Fsp3) is 0. The van der Waals surface area contributed by atoms with E-state index >= 15 is 0 Å². The first-order valence-electron chi connectivity index (χ1n) is 10.7. The molecule has 0 spiro atoms. The molecule has 5 rings (SSSR count). The summed E-state index contributed by atoms with van der Waals surface area (Å²) in [5, 5.41) is 7.22. The zero-order valence-corrected chi connectivity index (χ0v) is 19.8. The van der Waals surface area contributed by atoms with Crippen molar-refractivity contribution < 1.29 is 13.9 Å². The van der Waals surface area contributed by atoms with E-state index in [9.17, 15) is 9.18 Å². The van der Waals surface area contributed by atoms with E-state index in [0.29, 0.717) is 22.9 Å². The third-order valence-corrected chi connectivity index (χ3v) is 5.60. The maximum absolute atomic E-state index is 13.5. The number of hydrogen-bond donors (Lipinski definition) is 1. The molecule has 0 aliphatic heterocycles. The van der Waals surface area contributed by atoms with Crippen LogP contribution in [0.3, 0.4) is 0 Å². The molecular formula is C27H18BrFN4O2. The van der Waals surface area contributed by atoms with Crippen molar-refractivity contribution >= 4 is 27.5 Å². The third kappa shape index (κ3) is 5.28. The van der Waals surface area contributed by atoms with E-state index < -0.39 is 5.91 Å². The van der Waals surface area contributed by atoms with E-state index in [1.165, 1.54) is 16.8 Å². The molecule has 0 unspecified atom stereocenters. The summed E-state index contributed by atoms with van der Waals surface area (Å²) >= 11 is 3.42. The molecule has 0 aliphatic rings. The Labute approximate surface area is 209 Å². The number of ether oxygens (including phenoxy) is 1. The predicted octanol–water partition coefficient (Wildman–Crippen LogP) is 6.88. The summed E-state index contributed by atoms with van der Waals surface area (Å²) in [7, 11) is 0. The van der Waals surface area contributed by atoms with Gasteiger partial charge in [0.2, 0.25) is 5.82 Å². The lowest BCUT2D eigenvalue weighted by atomic mass is 10.2. The second-order valence-electron chi connectivity index (χ2n) is 7.55. The van der Waals surface area contributed by atoms with Crippen molar-refractivity contribution in [3.8, 4) is 28.6 Å². The standard InChI is InChI=1S/C27H18BrFN4O2/c28-19-8-6-18(7-9-19)26-31-25(32-33(26)22-14-10-20(29)11-15-22)27(34)30-21-12-16-24(17-13-21)35-23-4-2-1-3-5-23/h1-17H,(H,30,34). The Kier molecular flexibility index (Phi) is 6.36. The summed E-state index contributed by atoms with van der Waals surface area (Å²) < 4.78 is 21.7. The molecule has 4 aromatic carbocycles. The number of nitrogens with zero attached hydrogens (tertiary/aromatic N) is 3. The molecule has 0 atom stereocenters. The summed E-state index contributed by atoms with van der Waals surface area (Å²) in [6.45, 7) is 0. The fourth-order valence-corrected chi connectivity index (χ4v) is 3.64. The maximum atomic E-state index is 13.5. The van der Waals surface area contributed by atoms with Crippen molar-refractivity contribution in [1.82, 2.24) is 14.8 Å². The van der Waals surface area contributed by atoms with Gasteiger partial charge in [-0.1, -0.05) is 46.3 Å². The van der Waals surface area contributed by atoms with Gasteiger partial charge in [0.05, 0.1) is 5.69 Å². The summed E-state index contributed by atoms with van der Waals surface area (Å²) in [5.41, 5.74) is 1.91. The maximum Gasteiger partial charge on any atom is 0.295 e. The molecule has 0 aliphatic carbocycles. The Hall–Kier alpha value is -4.30. The Bertz CT molecular complexity index is 1390. The van der Waals surface area contributed by atoms with E-state index in [-0.39, 0.29) is 11.6 Å². The molecule has 0 fully saturated rings. The first-order chi connectivity index (χ1) is 17.0. The SMILES string of the molecule is O=C(Nc1ccc(Oc2ccccc2)cc1)c1nc(-c2ccc(Br)cc2)n(-c2ccc(F)cc2)n1. The number of nitrogens with one attached hydrogen (secondary N) is 1. The largest absolute Gasteiger partial charge is 0.457 e. The highest BCUT2D eigenvalue weighted by Crippen LogP contribution is 2.25. The number of amides is 1. The van der Waals surface area contributed by atoms with Gasteiger partial charge < -0.3 is 10.1 Å². The van der Waals surface area contributed by atoms with Gasteiger partial charge in [-0.25, -0.2) is 14.1 Å². The lowest BCUT2D eigenvalue weighted by Gasteiger charge is -2.07. The number of carbonyl (C=O) groups excluding carboxylic acids is 1. The number of halogens is 2. The molecule has 6 nitrogen and oxygen atoms in total. The van der Waals surface area contributed by atoms with Crippen LogP contribution in [0.25, 0.3) is 17.1 Å². The highest BCUT2D eigenvalue weighted by atomic mass is 79.9. The van der Waals surface area contributed by atoms with Gasteiger partial charge in [0, 0.05) is 15.7 Å². The Morgan fingerprint density at radius 1 is 0.829 bits per heavy atom. The second-order valence-corrected chi connectivity index (χ2v) is 8.46. The van der Waals surface area contributed by atoms with Gasteiger partial charge in [-0.05, 0) is 72.8 Å². The summed E-state index contributed by atoms with van der Waals surface area (Å²) in [6.07, 6.45) is 0. The lowest BCUT2D eigenvalue weighted by molar-refractivity contribution is 0.101. The summed E-state index contributed by atoms with van der Waals surface area (Å²) in [6, 6.07) is 29.7. The average Bonchev–Trinajstić information content (AvgIpc) is 3.32. The van der Waals surface area contributed by atoms with Crippen molar-refractivity contribution in [2.45, 2.75) is 0 Å². The van der Waals surface area contributed by atoms with Crippen LogP contribution in [-0.2, 0) is 0 Å². The van der Waals surface area contributed by atoms with Gasteiger partial charge >= 0.3 is 0 Å². The van der Waals surface area contributed by atoms with Gasteiger partial charge in [0.25, 0.3) is 5.91 Å². The van der Waals surface area contributed by atoms with Gasteiger partial charge in [0.1, 0.15) is 17.3 Å². The van der Waals surface area contributed by atoms with Crippen LogP contribution in [0.1, 0.15) is 10.6 Å². The van der Waals surface area contributed by atoms with Crippen LogP contribution in [-0.4, -0.2) is 20.7 Å². The molecule has 0 bridgehead atoms. The number of rotatable bonds is 6. The molecule has 0 radical (unpaired) electrons. The first kappa shape index (κ1) is 22.5. The van der Waals surface area contributed by atoms with Crippen LogP contribution in [0.15, 0.2) is 108 Å². The number of para-hydroxylation sites is 1. The van der Waals surface area contributed by atoms with Crippen molar-refractivity contribution in [2.75, 3.05) is 5.32 Å². The highest BCUT2D eigenvalue weighted by molar-refractivity contribution is 9.10. The van der Waals surface area contributed by atoms with Crippen LogP contribution >= 0.6 is 15.9 Å². The number of benzene rings is 4. The minimum atomic E-state index is -0.471. The summed E-state index contributed by atoms with van der Waals surface area (Å²) in [4.78, 5) is 17.5. The zero-order chi connectivity index (χ0) is 24.2. The second kappa shape index (κ2) is 9.90. The number of carbonyl (C=O) groups is 1. The van der Waals surface area contributed by atoms with Crippen molar-refractivity contribution in [3.05, 3.63) is 119 Å². The monoisotopic (exact) mass is 528 g/mol. The molecule has 1 amide bonds. The molecule has 0 saturated heterocycles. The van der Waals surface area contributed by atoms with Crippen LogP contribution in [0, 0.1) is 5.82 Å². The topological polar surface area (TPSA) is 69.0 Å². The Morgan fingerprint density at radius 2 is 1.49 bits per heavy atom. The molecule has 1 N–H and O–H groups in total. The zero-order valence-electron chi connectivity index (χ0n) is 18.2. The van der Waals surface area contributed by atoms with Gasteiger partial charge in [0.15, 0.2) is 5.82 Å². The molecule has 0 saturated carbocycles. The molecule has 8 heteroatoms. The van der Waals surface area contributed by atoms with Crippen molar-refractivity contribution in [2.24, 2.45) is 0 Å².